The number of fused-ring (bicyclic) bond motifs is 1. The SMILES string of the molecule is Cc1cc2ccc(CCC(=O)N3CCOCC3)cc2[nH]c1=O. The summed E-state index contributed by atoms with van der Waals surface area (Å²) >= 11 is 0. The summed E-state index contributed by atoms with van der Waals surface area (Å²) in [5.41, 5.74) is 2.54. The molecule has 0 radical (unpaired) electrons. The number of nitrogens with zero attached hydrogens (tertiary/aromatic N) is 1. The molecule has 0 saturated carbocycles. The molecule has 0 unspecified atom stereocenters. The first kappa shape index (κ1) is 14.8. The first-order valence-electron chi connectivity index (χ1n) is 7.61. The Kier molecular flexibility index (Phi) is 4.24. The van der Waals surface area contributed by atoms with Crippen LogP contribution in [0.4, 0.5) is 0 Å². The van der Waals surface area contributed by atoms with Crippen LogP contribution < -0.4 is 5.56 Å². The lowest BCUT2D eigenvalue weighted by Gasteiger charge is -2.26. The Morgan fingerprint density at radius 2 is 2.05 bits per heavy atom. The van der Waals surface area contributed by atoms with Gasteiger partial charge in [-0.2, -0.15) is 0 Å². The van der Waals surface area contributed by atoms with Gasteiger partial charge >= 0.3 is 0 Å². The molecule has 5 heteroatoms. The van der Waals surface area contributed by atoms with E-state index in [9.17, 15) is 9.59 Å². The van der Waals surface area contributed by atoms with E-state index < -0.39 is 0 Å². The van der Waals surface area contributed by atoms with Gasteiger partial charge in [-0.25, -0.2) is 0 Å². The van der Waals surface area contributed by atoms with Crippen molar-refractivity contribution in [2.45, 2.75) is 19.8 Å². The van der Waals surface area contributed by atoms with Crippen LogP contribution in [0, 0.1) is 6.92 Å². The maximum atomic E-state index is 12.1. The third kappa shape index (κ3) is 3.20. The number of benzene rings is 1. The minimum atomic E-state index is -0.0611. The summed E-state index contributed by atoms with van der Waals surface area (Å²) in [6, 6.07) is 7.86. The highest BCUT2D eigenvalue weighted by Gasteiger charge is 2.16. The second-order valence-corrected chi connectivity index (χ2v) is 5.70. The summed E-state index contributed by atoms with van der Waals surface area (Å²) in [4.78, 5) is 28.6. The van der Waals surface area contributed by atoms with E-state index >= 15 is 0 Å². The van der Waals surface area contributed by atoms with Crippen molar-refractivity contribution in [3.05, 3.63) is 45.7 Å². The number of hydrogen-bond acceptors (Lipinski definition) is 3. The van der Waals surface area contributed by atoms with E-state index in [1.165, 1.54) is 0 Å². The molecule has 0 bridgehead atoms. The van der Waals surface area contributed by atoms with Crippen molar-refractivity contribution in [1.29, 1.82) is 0 Å². The van der Waals surface area contributed by atoms with Crippen molar-refractivity contribution in [2.75, 3.05) is 26.3 Å². The molecule has 22 heavy (non-hydrogen) atoms. The fourth-order valence-electron chi connectivity index (χ4n) is 2.73. The molecule has 1 fully saturated rings. The monoisotopic (exact) mass is 300 g/mol. The van der Waals surface area contributed by atoms with Crippen molar-refractivity contribution in [1.82, 2.24) is 9.88 Å². The number of nitrogens with one attached hydrogen (secondary N) is 1. The molecule has 1 amide bonds. The number of amides is 1. The van der Waals surface area contributed by atoms with Crippen molar-refractivity contribution in [3.8, 4) is 0 Å². The normalized spacial score (nSPS) is 15.2. The summed E-state index contributed by atoms with van der Waals surface area (Å²) < 4.78 is 5.25. The standard InChI is InChI=1S/C17H20N2O3/c1-12-10-14-4-2-13(11-15(14)18-17(12)21)3-5-16(20)19-6-8-22-9-7-19/h2,4,10-11H,3,5-9H2,1H3,(H,18,21). The zero-order chi connectivity index (χ0) is 15.5. The predicted octanol–water partition coefficient (Wildman–Crippen LogP) is 1.63. The average Bonchev–Trinajstić information content (AvgIpc) is 2.54. The van der Waals surface area contributed by atoms with Crippen LogP contribution in [0.3, 0.4) is 0 Å². The van der Waals surface area contributed by atoms with Gasteiger partial charge in [-0.1, -0.05) is 12.1 Å². The molecule has 0 aliphatic carbocycles. The summed E-state index contributed by atoms with van der Waals surface area (Å²) in [5, 5.41) is 1.01. The van der Waals surface area contributed by atoms with Crippen LogP contribution in [0.5, 0.6) is 0 Å². The van der Waals surface area contributed by atoms with E-state index in [2.05, 4.69) is 4.98 Å². The molecule has 1 aromatic carbocycles. The molecule has 5 nitrogen and oxygen atoms in total. The minimum Gasteiger partial charge on any atom is -0.378 e. The number of morpholine rings is 1. The molecular weight excluding hydrogens is 280 g/mol. The second kappa shape index (κ2) is 6.32. The quantitative estimate of drug-likeness (QED) is 0.937. The van der Waals surface area contributed by atoms with E-state index in [0.717, 1.165) is 16.5 Å². The fourth-order valence-corrected chi connectivity index (χ4v) is 2.73. The molecule has 3 rings (SSSR count). The molecule has 116 valence electrons. The molecule has 2 heterocycles. The Hall–Kier alpha value is -2.14. The molecule has 1 aliphatic rings. The number of hydrogen-bond donors (Lipinski definition) is 1. The zero-order valence-electron chi connectivity index (χ0n) is 12.7. The van der Waals surface area contributed by atoms with Gasteiger partial charge in [0.1, 0.15) is 0 Å². The maximum absolute atomic E-state index is 12.1. The van der Waals surface area contributed by atoms with Gasteiger partial charge in [0.05, 0.1) is 13.2 Å². The van der Waals surface area contributed by atoms with Gasteiger partial charge in [0.25, 0.3) is 5.56 Å². The first-order chi connectivity index (χ1) is 10.6. The van der Waals surface area contributed by atoms with Crippen molar-refractivity contribution in [3.63, 3.8) is 0 Å². The second-order valence-electron chi connectivity index (χ2n) is 5.70. The Balaban J connectivity index is 1.70. The highest BCUT2D eigenvalue weighted by atomic mass is 16.5. The Morgan fingerprint density at radius 3 is 2.82 bits per heavy atom. The van der Waals surface area contributed by atoms with Gasteiger partial charge in [-0.15, -0.1) is 0 Å². The van der Waals surface area contributed by atoms with E-state index in [0.29, 0.717) is 44.7 Å². The lowest BCUT2D eigenvalue weighted by Crippen LogP contribution is -2.40. The van der Waals surface area contributed by atoms with Crippen molar-refractivity contribution in [2.24, 2.45) is 0 Å². The number of ether oxygens (including phenoxy) is 1. The van der Waals surface area contributed by atoms with Gasteiger partial charge in [-0.3, -0.25) is 9.59 Å². The minimum absolute atomic E-state index is 0.0611. The van der Waals surface area contributed by atoms with Gasteiger partial charge in [-0.05, 0) is 36.4 Å². The lowest BCUT2D eigenvalue weighted by atomic mass is 10.1. The van der Waals surface area contributed by atoms with Crippen molar-refractivity contribution < 1.29 is 9.53 Å². The molecule has 1 aliphatic heterocycles. The summed E-state index contributed by atoms with van der Waals surface area (Å²) in [6.07, 6.45) is 1.17. The van der Waals surface area contributed by atoms with Crippen molar-refractivity contribution >= 4 is 16.8 Å². The highest BCUT2D eigenvalue weighted by Crippen LogP contribution is 2.15. The number of pyridine rings is 1. The average molecular weight is 300 g/mol. The zero-order valence-corrected chi connectivity index (χ0v) is 12.7. The maximum Gasteiger partial charge on any atom is 0.251 e. The van der Waals surface area contributed by atoms with Gasteiger partial charge in [0.15, 0.2) is 0 Å². The summed E-state index contributed by atoms with van der Waals surface area (Å²) in [7, 11) is 0. The first-order valence-corrected chi connectivity index (χ1v) is 7.61. The highest BCUT2D eigenvalue weighted by molar-refractivity contribution is 5.80. The smallest absolute Gasteiger partial charge is 0.251 e. The van der Waals surface area contributed by atoms with E-state index in [-0.39, 0.29) is 11.5 Å². The van der Waals surface area contributed by atoms with Crippen LogP contribution in [0.25, 0.3) is 10.9 Å². The van der Waals surface area contributed by atoms with Gasteiger partial charge < -0.3 is 14.6 Å². The van der Waals surface area contributed by atoms with E-state index in [1.807, 2.05) is 29.2 Å². The molecule has 1 saturated heterocycles. The molecule has 1 N–H and O–H groups in total. The molecular formula is C17H20N2O3. The summed E-state index contributed by atoms with van der Waals surface area (Å²) in [5.74, 6) is 0.167. The topological polar surface area (TPSA) is 62.4 Å². The number of aromatic amines is 1. The largest absolute Gasteiger partial charge is 0.378 e. The Labute approximate surface area is 128 Å². The van der Waals surface area contributed by atoms with Crippen LogP contribution in [0.2, 0.25) is 0 Å². The number of aromatic nitrogens is 1. The van der Waals surface area contributed by atoms with Crippen LogP contribution in [-0.2, 0) is 16.0 Å². The fraction of sp³-hybridized carbons (Fsp3) is 0.412. The van der Waals surface area contributed by atoms with Gasteiger partial charge in [0, 0.05) is 30.6 Å². The molecule has 2 aromatic rings. The van der Waals surface area contributed by atoms with Crippen LogP contribution in [0.1, 0.15) is 17.5 Å². The lowest BCUT2D eigenvalue weighted by molar-refractivity contribution is -0.135. The van der Waals surface area contributed by atoms with Crippen LogP contribution >= 0.6 is 0 Å². The molecule has 0 spiro atoms. The van der Waals surface area contributed by atoms with Crippen LogP contribution in [-0.4, -0.2) is 42.1 Å². The summed E-state index contributed by atoms with van der Waals surface area (Å²) in [6.45, 7) is 4.42. The third-order valence-corrected chi connectivity index (χ3v) is 4.09. The number of aryl methyl sites for hydroxylation is 2. The molecule has 1 aromatic heterocycles. The Morgan fingerprint density at radius 1 is 1.27 bits per heavy atom. The predicted molar refractivity (Wildman–Crippen MR) is 85.0 cm³/mol. The molecule has 0 atom stereocenters. The van der Waals surface area contributed by atoms with Crippen LogP contribution in [0.15, 0.2) is 29.1 Å². The van der Waals surface area contributed by atoms with Gasteiger partial charge in [0.2, 0.25) is 5.91 Å². The number of carbonyl (C=O) groups excluding carboxylic acids is 1. The number of carbonyl (C=O) groups is 1. The number of rotatable bonds is 3. The van der Waals surface area contributed by atoms with E-state index in [4.69, 9.17) is 4.74 Å². The third-order valence-electron chi connectivity index (χ3n) is 4.09. The van der Waals surface area contributed by atoms with E-state index in [1.54, 1.807) is 6.92 Å². The Bertz CT molecular complexity index is 745. The number of H-pyrrole nitrogens is 1.